The lowest BCUT2D eigenvalue weighted by atomic mass is 10.4. The molecule has 0 amide bonds. The van der Waals surface area contributed by atoms with Crippen molar-refractivity contribution in [3.8, 4) is 0 Å². The van der Waals surface area contributed by atoms with Crippen LogP contribution in [-0.2, 0) is 20.0 Å². The van der Waals surface area contributed by atoms with Crippen molar-refractivity contribution in [2.24, 2.45) is 12.0 Å². The molecule has 3 aromatic rings. The number of hydrogen-bond acceptors (Lipinski definition) is 7. The summed E-state index contributed by atoms with van der Waals surface area (Å²) >= 11 is 0. The summed E-state index contributed by atoms with van der Waals surface area (Å²) in [7, 11) is 1.86. The lowest BCUT2D eigenvalue weighted by Gasteiger charge is -2.12. The minimum Gasteiger partial charge on any atom is -0.367 e. The van der Waals surface area contributed by atoms with E-state index in [4.69, 9.17) is 0 Å². The largest absolute Gasteiger partial charge is 0.367 e. The zero-order valence-corrected chi connectivity index (χ0v) is 16.6. The van der Waals surface area contributed by atoms with Crippen LogP contribution >= 0.6 is 0 Å². The summed E-state index contributed by atoms with van der Waals surface area (Å²) in [6.07, 6.45) is 5.93. The Kier molecular flexibility index (Phi) is 6.71. The summed E-state index contributed by atoms with van der Waals surface area (Å²) in [5, 5.41) is 23.1. The number of anilines is 1. The molecule has 0 aliphatic carbocycles. The van der Waals surface area contributed by atoms with Gasteiger partial charge in [-0.25, -0.2) is 9.97 Å². The number of guanidine groups is 1. The Balaban J connectivity index is 1.50. The number of fused-ring (bicyclic) bond motifs is 1. The number of nitrogens with zero attached hydrogens (tertiary/aromatic N) is 8. The second-order valence-electron chi connectivity index (χ2n) is 6.14. The monoisotopic (exact) mass is 385 g/mol. The Bertz CT molecular complexity index is 911. The van der Waals surface area contributed by atoms with Gasteiger partial charge in [0.2, 0.25) is 0 Å². The Morgan fingerprint density at radius 3 is 2.89 bits per heavy atom. The predicted octanol–water partition coefficient (Wildman–Crippen LogP) is 0.184. The van der Waals surface area contributed by atoms with Crippen LogP contribution in [0, 0.1) is 0 Å². The van der Waals surface area contributed by atoms with Crippen molar-refractivity contribution in [1.82, 2.24) is 45.1 Å². The van der Waals surface area contributed by atoms with Crippen molar-refractivity contribution in [3.63, 3.8) is 0 Å². The van der Waals surface area contributed by atoms with Crippen LogP contribution in [0.25, 0.3) is 11.0 Å². The fraction of sp³-hybridized carbons (Fsp3) is 0.529. The van der Waals surface area contributed by atoms with Crippen molar-refractivity contribution in [2.75, 3.05) is 31.5 Å². The maximum absolute atomic E-state index is 4.60. The van der Waals surface area contributed by atoms with Gasteiger partial charge in [0.15, 0.2) is 11.6 Å². The first-order valence-electron chi connectivity index (χ1n) is 9.48. The van der Waals surface area contributed by atoms with E-state index in [-0.39, 0.29) is 0 Å². The van der Waals surface area contributed by atoms with Gasteiger partial charge in [-0.05, 0) is 6.92 Å². The molecule has 0 atom stereocenters. The normalized spacial score (nSPS) is 11.8. The number of nitrogens with one attached hydrogen (secondary N) is 3. The Hall–Kier alpha value is -3.24. The van der Waals surface area contributed by atoms with E-state index in [1.165, 1.54) is 6.33 Å². The number of hydrogen-bond donors (Lipinski definition) is 3. The van der Waals surface area contributed by atoms with Gasteiger partial charge in [0.25, 0.3) is 0 Å². The summed E-state index contributed by atoms with van der Waals surface area (Å²) in [5.74, 6) is 2.54. The highest BCUT2D eigenvalue weighted by molar-refractivity contribution is 5.86. The van der Waals surface area contributed by atoms with Crippen LogP contribution in [0.15, 0.2) is 23.8 Å². The van der Waals surface area contributed by atoms with E-state index >= 15 is 0 Å². The number of aliphatic imine (C=N–C) groups is 1. The highest BCUT2D eigenvalue weighted by atomic mass is 15.3. The number of aryl methyl sites for hydroxylation is 2. The third-order valence-electron chi connectivity index (χ3n) is 4.20. The second kappa shape index (κ2) is 9.62. The molecule has 0 fully saturated rings. The van der Waals surface area contributed by atoms with Gasteiger partial charge >= 0.3 is 0 Å². The zero-order valence-electron chi connectivity index (χ0n) is 16.6. The van der Waals surface area contributed by atoms with Crippen molar-refractivity contribution in [1.29, 1.82) is 0 Å². The molecule has 0 aliphatic heterocycles. The first kappa shape index (κ1) is 19.5. The highest BCUT2D eigenvalue weighted by Crippen LogP contribution is 2.17. The van der Waals surface area contributed by atoms with Gasteiger partial charge in [0.05, 0.1) is 18.1 Å². The predicted molar refractivity (Wildman–Crippen MR) is 108 cm³/mol. The molecule has 0 saturated heterocycles. The second-order valence-corrected chi connectivity index (χ2v) is 6.14. The van der Waals surface area contributed by atoms with Crippen LogP contribution in [0.5, 0.6) is 0 Å². The fourth-order valence-electron chi connectivity index (χ4n) is 2.82. The molecule has 0 radical (unpaired) electrons. The zero-order chi connectivity index (χ0) is 19.8. The van der Waals surface area contributed by atoms with Crippen LogP contribution in [-0.4, -0.2) is 66.7 Å². The molecule has 0 aliphatic rings. The van der Waals surface area contributed by atoms with E-state index < -0.39 is 0 Å². The summed E-state index contributed by atoms with van der Waals surface area (Å²) in [6, 6.07) is 0. The molecule has 0 spiro atoms. The minimum absolute atomic E-state index is 0.605. The molecule has 3 N–H and O–H groups in total. The molecule has 0 unspecified atom stereocenters. The van der Waals surface area contributed by atoms with E-state index in [1.807, 2.05) is 18.5 Å². The molecular weight excluding hydrogens is 358 g/mol. The van der Waals surface area contributed by atoms with Gasteiger partial charge in [-0.1, -0.05) is 6.92 Å². The molecule has 0 bridgehead atoms. The molecule has 11 nitrogen and oxygen atoms in total. The quantitative estimate of drug-likeness (QED) is 0.271. The molecule has 3 rings (SSSR count). The Morgan fingerprint density at radius 2 is 2.07 bits per heavy atom. The minimum atomic E-state index is 0.605. The van der Waals surface area contributed by atoms with E-state index in [9.17, 15) is 0 Å². The topological polar surface area (TPSA) is 123 Å². The van der Waals surface area contributed by atoms with Gasteiger partial charge in [0, 0.05) is 39.6 Å². The Labute approximate surface area is 163 Å². The number of aromatic nitrogens is 7. The lowest BCUT2D eigenvalue weighted by molar-refractivity contribution is 0.633. The Morgan fingerprint density at radius 1 is 1.18 bits per heavy atom. The maximum atomic E-state index is 4.60. The molecule has 0 aromatic carbocycles. The third kappa shape index (κ3) is 4.72. The average Bonchev–Trinajstić information content (AvgIpc) is 3.32. The van der Waals surface area contributed by atoms with Crippen molar-refractivity contribution < 1.29 is 0 Å². The van der Waals surface area contributed by atoms with Crippen LogP contribution in [0.3, 0.4) is 0 Å². The van der Waals surface area contributed by atoms with Gasteiger partial charge in [-0.15, -0.1) is 10.2 Å². The molecule has 3 aromatic heterocycles. The van der Waals surface area contributed by atoms with Gasteiger partial charge in [-0.3, -0.25) is 9.67 Å². The van der Waals surface area contributed by atoms with Crippen molar-refractivity contribution in [2.45, 2.75) is 26.8 Å². The SMILES string of the molecule is CCNC(=NCCNc1ncnc2c1cnn2C)NCCn1cnnc1CC. The smallest absolute Gasteiger partial charge is 0.191 e. The summed E-state index contributed by atoms with van der Waals surface area (Å²) in [6.45, 7) is 7.71. The van der Waals surface area contributed by atoms with E-state index in [1.54, 1.807) is 17.2 Å². The van der Waals surface area contributed by atoms with E-state index in [0.29, 0.717) is 13.1 Å². The van der Waals surface area contributed by atoms with Gasteiger partial charge in [-0.2, -0.15) is 5.10 Å². The molecular formula is C17H27N11. The first-order valence-corrected chi connectivity index (χ1v) is 9.48. The molecule has 0 saturated carbocycles. The molecule has 3 heterocycles. The standard InChI is InChI=1S/C17H27N11/c1-4-14-26-24-12-28(14)9-8-21-17(18-5-2)20-7-6-19-15-13-10-25-27(3)16(13)23-11-22-15/h10-12H,4-9H2,1-3H3,(H2,18,20,21)(H,19,22,23). The first-order chi connectivity index (χ1) is 13.7. The van der Waals surface area contributed by atoms with Crippen LogP contribution in [0.1, 0.15) is 19.7 Å². The molecule has 28 heavy (non-hydrogen) atoms. The summed E-state index contributed by atoms with van der Waals surface area (Å²) in [4.78, 5) is 13.1. The van der Waals surface area contributed by atoms with E-state index in [0.717, 1.165) is 54.7 Å². The third-order valence-corrected chi connectivity index (χ3v) is 4.20. The highest BCUT2D eigenvalue weighted by Gasteiger charge is 2.07. The van der Waals surface area contributed by atoms with Crippen LogP contribution in [0.2, 0.25) is 0 Å². The van der Waals surface area contributed by atoms with Gasteiger partial charge in [0.1, 0.15) is 24.3 Å². The molecule has 150 valence electrons. The van der Waals surface area contributed by atoms with Gasteiger partial charge < -0.3 is 20.5 Å². The molecule has 11 heteroatoms. The maximum Gasteiger partial charge on any atom is 0.191 e. The van der Waals surface area contributed by atoms with Crippen molar-refractivity contribution in [3.05, 3.63) is 24.7 Å². The summed E-state index contributed by atoms with van der Waals surface area (Å²) < 4.78 is 3.78. The van der Waals surface area contributed by atoms with Crippen LogP contribution in [0.4, 0.5) is 5.82 Å². The van der Waals surface area contributed by atoms with Crippen LogP contribution < -0.4 is 16.0 Å². The van der Waals surface area contributed by atoms with E-state index in [2.05, 4.69) is 53.1 Å². The van der Waals surface area contributed by atoms with Crippen molar-refractivity contribution >= 4 is 22.8 Å². The lowest BCUT2D eigenvalue weighted by Crippen LogP contribution is -2.39. The average molecular weight is 385 g/mol. The number of rotatable bonds is 9. The fourth-order valence-corrected chi connectivity index (χ4v) is 2.82. The summed E-state index contributed by atoms with van der Waals surface area (Å²) in [5.41, 5.74) is 0.802.